The Bertz CT molecular complexity index is 562. The fourth-order valence-corrected chi connectivity index (χ4v) is 3.20. The monoisotopic (exact) mass is 313 g/mol. The van der Waals surface area contributed by atoms with Gasteiger partial charge in [-0.15, -0.1) is 0 Å². The first-order valence-electron chi connectivity index (χ1n) is 7.10. The van der Waals surface area contributed by atoms with E-state index in [1.165, 1.54) is 31.2 Å². The number of hydrogen-bond donors (Lipinski definition) is 2. The molecule has 0 bridgehead atoms. The highest BCUT2D eigenvalue weighted by Crippen LogP contribution is 2.14. The van der Waals surface area contributed by atoms with Crippen molar-refractivity contribution >= 4 is 15.8 Å². The maximum atomic E-state index is 12.1. The molecule has 1 atom stereocenters. The van der Waals surface area contributed by atoms with Gasteiger partial charge >= 0.3 is 0 Å². The minimum Gasteiger partial charge on any atom is -0.391 e. The minimum absolute atomic E-state index is 0.0108. The van der Waals surface area contributed by atoms with Crippen LogP contribution in [0.25, 0.3) is 0 Å². The zero-order valence-electron chi connectivity index (χ0n) is 12.7. The molecule has 21 heavy (non-hydrogen) atoms. The van der Waals surface area contributed by atoms with Gasteiger partial charge in [0.15, 0.2) is 5.78 Å². The number of sulfonamides is 1. The lowest BCUT2D eigenvalue weighted by molar-refractivity contribution is 0.101. The van der Waals surface area contributed by atoms with E-state index in [1.54, 1.807) is 0 Å². The number of rotatable bonds is 8. The number of benzene rings is 1. The van der Waals surface area contributed by atoms with Gasteiger partial charge in [-0.05, 0) is 25.0 Å². The summed E-state index contributed by atoms with van der Waals surface area (Å²) in [5.74, 6) is -0.0381. The van der Waals surface area contributed by atoms with Crippen molar-refractivity contribution in [2.45, 2.75) is 44.6 Å². The van der Waals surface area contributed by atoms with Crippen LogP contribution in [0.3, 0.4) is 0 Å². The third-order valence-corrected chi connectivity index (χ3v) is 5.09. The molecule has 0 fully saturated rings. The van der Waals surface area contributed by atoms with E-state index < -0.39 is 16.1 Å². The Morgan fingerprint density at radius 3 is 2.14 bits per heavy atom. The number of aliphatic hydroxyl groups excluding tert-OH is 1. The highest BCUT2D eigenvalue weighted by molar-refractivity contribution is 7.89. The van der Waals surface area contributed by atoms with Crippen LogP contribution in [-0.2, 0) is 10.0 Å². The Kier molecular flexibility index (Phi) is 6.51. The molecular formula is C15H23NO4S. The van der Waals surface area contributed by atoms with Gasteiger partial charge in [0.1, 0.15) is 0 Å². The van der Waals surface area contributed by atoms with Gasteiger partial charge < -0.3 is 5.11 Å². The smallest absolute Gasteiger partial charge is 0.240 e. The molecule has 1 unspecified atom stereocenters. The summed E-state index contributed by atoms with van der Waals surface area (Å²) in [6.07, 6.45) is 0.894. The van der Waals surface area contributed by atoms with E-state index >= 15 is 0 Å². The summed E-state index contributed by atoms with van der Waals surface area (Å²) in [6.45, 7) is 5.34. The second kappa shape index (κ2) is 7.68. The summed E-state index contributed by atoms with van der Waals surface area (Å²) >= 11 is 0. The number of nitrogens with one attached hydrogen (secondary N) is 1. The molecule has 0 spiro atoms. The first-order chi connectivity index (χ1) is 9.81. The number of carbonyl (C=O) groups is 1. The zero-order chi connectivity index (χ0) is 16.0. The molecule has 0 aromatic heterocycles. The van der Waals surface area contributed by atoms with E-state index in [0.29, 0.717) is 5.56 Å². The Labute approximate surface area is 126 Å². The maximum absolute atomic E-state index is 12.1. The van der Waals surface area contributed by atoms with Crippen LogP contribution in [0.15, 0.2) is 29.2 Å². The quantitative estimate of drug-likeness (QED) is 0.719. The van der Waals surface area contributed by atoms with Gasteiger partial charge in [0.25, 0.3) is 0 Å². The second-order valence-electron chi connectivity index (χ2n) is 5.08. The summed E-state index contributed by atoms with van der Waals surface area (Å²) in [7, 11) is -3.67. The Balaban J connectivity index is 2.75. The summed E-state index contributed by atoms with van der Waals surface area (Å²) < 4.78 is 26.6. The summed E-state index contributed by atoms with van der Waals surface area (Å²) in [4.78, 5) is 11.3. The van der Waals surface area contributed by atoms with Crippen molar-refractivity contribution in [2.75, 3.05) is 6.54 Å². The fourth-order valence-electron chi connectivity index (χ4n) is 2.15. The van der Waals surface area contributed by atoms with Crippen LogP contribution in [0.2, 0.25) is 0 Å². The van der Waals surface area contributed by atoms with E-state index in [4.69, 9.17) is 0 Å². The molecule has 0 saturated heterocycles. The molecule has 1 rings (SSSR count). The summed E-state index contributed by atoms with van der Waals surface area (Å²) in [5.41, 5.74) is 0.464. The molecule has 1 aromatic carbocycles. The number of carbonyl (C=O) groups excluding carboxylic acids is 1. The first kappa shape index (κ1) is 17.8. The van der Waals surface area contributed by atoms with Crippen molar-refractivity contribution < 1.29 is 18.3 Å². The van der Waals surface area contributed by atoms with Crippen molar-refractivity contribution in [3.05, 3.63) is 29.8 Å². The van der Waals surface area contributed by atoms with E-state index in [0.717, 1.165) is 12.8 Å². The van der Waals surface area contributed by atoms with E-state index in [2.05, 4.69) is 4.72 Å². The van der Waals surface area contributed by atoms with E-state index in [9.17, 15) is 18.3 Å². The normalized spacial score (nSPS) is 13.4. The van der Waals surface area contributed by atoms with Gasteiger partial charge in [-0.1, -0.05) is 38.8 Å². The summed E-state index contributed by atoms with van der Waals surface area (Å²) in [6, 6.07) is 5.74. The number of Topliss-reactive ketones (excluding diaryl/α,β-unsaturated/α-hetero) is 1. The minimum atomic E-state index is -3.67. The van der Waals surface area contributed by atoms with E-state index in [-0.39, 0.29) is 23.1 Å². The zero-order valence-corrected chi connectivity index (χ0v) is 13.5. The average Bonchev–Trinajstić information content (AvgIpc) is 2.46. The molecular weight excluding hydrogens is 290 g/mol. The van der Waals surface area contributed by atoms with Crippen LogP contribution < -0.4 is 4.72 Å². The number of ketones is 1. The molecule has 0 aliphatic rings. The van der Waals surface area contributed by atoms with Gasteiger partial charge in [-0.3, -0.25) is 4.79 Å². The molecule has 1 aromatic rings. The van der Waals surface area contributed by atoms with Crippen molar-refractivity contribution in [3.63, 3.8) is 0 Å². The van der Waals surface area contributed by atoms with Crippen LogP contribution in [0.5, 0.6) is 0 Å². The van der Waals surface area contributed by atoms with Gasteiger partial charge in [0.05, 0.1) is 11.0 Å². The van der Waals surface area contributed by atoms with Crippen LogP contribution in [-0.4, -0.2) is 32.0 Å². The number of hydrogen-bond acceptors (Lipinski definition) is 4. The lowest BCUT2D eigenvalue weighted by atomic mass is 9.97. The summed E-state index contributed by atoms with van der Waals surface area (Å²) in [5, 5.41) is 9.96. The van der Waals surface area contributed by atoms with Crippen molar-refractivity contribution in [2.24, 2.45) is 5.92 Å². The van der Waals surface area contributed by atoms with Crippen LogP contribution in [0.4, 0.5) is 0 Å². The largest absolute Gasteiger partial charge is 0.391 e. The average molecular weight is 313 g/mol. The lowest BCUT2D eigenvalue weighted by Gasteiger charge is -2.20. The molecule has 2 N–H and O–H groups in total. The maximum Gasteiger partial charge on any atom is 0.240 e. The molecule has 6 heteroatoms. The standard InChI is InChI=1S/C15H23NO4S/c1-4-12(5-2)15(18)10-16-21(19,20)14-8-6-13(7-9-14)11(3)17/h6-9,12,15-16,18H,4-5,10H2,1-3H3. The van der Waals surface area contributed by atoms with Gasteiger partial charge in [0, 0.05) is 12.1 Å². The Morgan fingerprint density at radius 2 is 1.71 bits per heavy atom. The van der Waals surface area contributed by atoms with Gasteiger partial charge in [-0.25, -0.2) is 13.1 Å². The van der Waals surface area contributed by atoms with Crippen molar-refractivity contribution in [3.8, 4) is 0 Å². The van der Waals surface area contributed by atoms with Crippen molar-refractivity contribution in [1.29, 1.82) is 0 Å². The highest BCUT2D eigenvalue weighted by Gasteiger charge is 2.20. The fraction of sp³-hybridized carbons (Fsp3) is 0.533. The van der Waals surface area contributed by atoms with Crippen molar-refractivity contribution in [1.82, 2.24) is 4.72 Å². The van der Waals surface area contributed by atoms with Crippen LogP contribution >= 0.6 is 0 Å². The molecule has 0 heterocycles. The SMILES string of the molecule is CCC(CC)C(O)CNS(=O)(=O)c1ccc(C(C)=O)cc1. The molecule has 5 nitrogen and oxygen atoms in total. The molecule has 0 aliphatic carbocycles. The third-order valence-electron chi connectivity index (χ3n) is 3.65. The lowest BCUT2D eigenvalue weighted by Crippen LogP contribution is -2.36. The molecule has 118 valence electrons. The third kappa shape index (κ3) is 4.91. The van der Waals surface area contributed by atoms with Gasteiger partial charge in [-0.2, -0.15) is 0 Å². The predicted molar refractivity (Wildman–Crippen MR) is 81.7 cm³/mol. The topological polar surface area (TPSA) is 83.5 Å². The number of aliphatic hydroxyl groups is 1. The second-order valence-corrected chi connectivity index (χ2v) is 6.84. The van der Waals surface area contributed by atoms with E-state index in [1.807, 2.05) is 13.8 Å². The highest BCUT2D eigenvalue weighted by atomic mass is 32.2. The Hall–Kier alpha value is -1.24. The van der Waals surface area contributed by atoms with Crippen LogP contribution in [0.1, 0.15) is 44.0 Å². The Morgan fingerprint density at radius 1 is 1.19 bits per heavy atom. The molecule has 0 saturated carbocycles. The predicted octanol–water partition coefficient (Wildman–Crippen LogP) is 1.96. The molecule has 0 amide bonds. The van der Waals surface area contributed by atoms with Gasteiger partial charge in [0.2, 0.25) is 10.0 Å². The first-order valence-corrected chi connectivity index (χ1v) is 8.58. The van der Waals surface area contributed by atoms with Crippen LogP contribution in [0, 0.1) is 5.92 Å². The molecule has 0 aliphatic heterocycles. The molecule has 0 radical (unpaired) electrons.